The average molecular weight is 294 g/mol. The number of nitrogens with zero attached hydrogens (tertiary/aromatic N) is 5. The van der Waals surface area contributed by atoms with Gasteiger partial charge in [-0.3, -0.25) is 0 Å². The Morgan fingerprint density at radius 3 is 2.85 bits per heavy atom. The van der Waals surface area contributed by atoms with Crippen molar-refractivity contribution in [1.29, 1.82) is 0 Å². The predicted molar refractivity (Wildman–Crippen MR) is 79.7 cm³/mol. The van der Waals surface area contributed by atoms with Crippen molar-refractivity contribution in [2.75, 3.05) is 6.54 Å². The lowest BCUT2D eigenvalue weighted by Gasteiger charge is -2.17. The first kappa shape index (κ1) is 15.1. The second kappa shape index (κ2) is 7.44. The van der Waals surface area contributed by atoms with Gasteiger partial charge in [0.15, 0.2) is 0 Å². The molecule has 1 atom stereocenters. The summed E-state index contributed by atoms with van der Waals surface area (Å²) in [5.41, 5.74) is 2.19. The van der Waals surface area contributed by atoms with E-state index >= 15 is 0 Å². The molecule has 0 aromatic carbocycles. The molecule has 0 amide bonds. The first-order valence-corrected chi connectivity index (χ1v) is 8.01. The highest BCUT2D eigenvalue weighted by Gasteiger charge is 2.23. The second-order valence-corrected chi connectivity index (χ2v) is 5.49. The van der Waals surface area contributed by atoms with Crippen molar-refractivity contribution in [3.8, 4) is 0 Å². The molecule has 0 aliphatic rings. The largest absolute Gasteiger partial charge is 0.304 e. The van der Waals surface area contributed by atoms with E-state index < -0.39 is 0 Å². The zero-order chi connectivity index (χ0) is 14.4. The third kappa shape index (κ3) is 3.21. The van der Waals surface area contributed by atoms with Crippen LogP contribution in [-0.2, 0) is 13.0 Å². The molecule has 0 saturated carbocycles. The molecule has 7 heteroatoms. The Morgan fingerprint density at radius 1 is 1.30 bits per heavy atom. The van der Waals surface area contributed by atoms with Gasteiger partial charge in [-0.15, -0.1) is 10.2 Å². The van der Waals surface area contributed by atoms with Gasteiger partial charge in [-0.05, 0) is 30.9 Å². The maximum absolute atomic E-state index is 4.27. The van der Waals surface area contributed by atoms with Crippen LogP contribution in [0.25, 0.3) is 0 Å². The molecule has 20 heavy (non-hydrogen) atoms. The number of hydrogen-bond acceptors (Lipinski definition) is 6. The standard InChI is InChI=1S/C13H22N6S/c1-4-7-10-13(20-18-16-10)12(14-6-3)11-9-15-17-19(11)8-5-2/h9,12,14H,4-8H2,1-3H3. The summed E-state index contributed by atoms with van der Waals surface area (Å²) in [7, 11) is 0. The van der Waals surface area contributed by atoms with Crippen molar-refractivity contribution >= 4 is 11.5 Å². The molecule has 0 fully saturated rings. The van der Waals surface area contributed by atoms with Crippen LogP contribution in [0.3, 0.4) is 0 Å². The summed E-state index contributed by atoms with van der Waals surface area (Å²) in [6.07, 6.45) is 4.92. The Labute approximate surface area is 123 Å². The zero-order valence-corrected chi connectivity index (χ0v) is 13.2. The number of rotatable bonds is 8. The fraction of sp³-hybridized carbons (Fsp3) is 0.692. The normalized spacial score (nSPS) is 12.8. The molecule has 6 nitrogen and oxygen atoms in total. The third-order valence-corrected chi connectivity index (χ3v) is 3.95. The van der Waals surface area contributed by atoms with Crippen LogP contribution in [0.2, 0.25) is 0 Å². The van der Waals surface area contributed by atoms with Crippen molar-refractivity contribution in [3.63, 3.8) is 0 Å². The highest BCUT2D eigenvalue weighted by atomic mass is 32.1. The molecule has 1 unspecified atom stereocenters. The van der Waals surface area contributed by atoms with E-state index in [2.05, 4.69) is 46.0 Å². The van der Waals surface area contributed by atoms with Crippen LogP contribution in [0.1, 0.15) is 55.9 Å². The summed E-state index contributed by atoms with van der Waals surface area (Å²) >= 11 is 1.47. The van der Waals surface area contributed by atoms with Gasteiger partial charge in [0.25, 0.3) is 0 Å². The summed E-state index contributed by atoms with van der Waals surface area (Å²) in [5, 5.41) is 16.0. The van der Waals surface area contributed by atoms with Gasteiger partial charge in [0.05, 0.1) is 28.5 Å². The van der Waals surface area contributed by atoms with Crippen LogP contribution in [0.4, 0.5) is 0 Å². The maximum Gasteiger partial charge on any atom is 0.0893 e. The molecule has 0 aliphatic heterocycles. The van der Waals surface area contributed by atoms with E-state index in [0.717, 1.165) is 43.7 Å². The maximum atomic E-state index is 4.27. The van der Waals surface area contributed by atoms with Gasteiger partial charge in [-0.1, -0.05) is 36.9 Å². The summed E-state index contributed by atoms with van der Waals surface area (Å²) in [6.45, 7) is 8.17. The molecule has 2 rings (SSSR count). The number of aryl methyl sites for hydroxylation is 2. The number of nitrogens with one attached hydrogen (secondary N) is 1. The van der Waals surface area contributed by atoms with Crippen LogP contribution in [0.15, 0.2) is 6.20 Å². The van der Waals surface area contributed by atoms with E-state index in [1.807, 2.05) is 10.9 Å². The van der Waals surface area contributed by atoms with Gasteiger partial charge in [0, 0.05) is 6.54 Å². The van der Waals surface area contributed by atoms with Crippen LogP contribution in [0, 0.1) is 0 Å². The summed E-state index contributed by atoms with van der Waals surface area (Å²) < 4.78 is 6.11. The molecular weight excluding hydrogens is 272 g/mol. The highest BCUT2D eigenvalue weighted by molar-refractivity contribution is 7.05. The topological polar surface area (TPSA) is 68.5 Å². The summed E-state index contributed by atoms with van der Waals surface area (Å²) in [5.74, 6) is 0. The van der Waals surface area contributed by atoms with Crippen molar-refractivity contribution in [2.24, 2.45) is 0 Å². The first-order chi connectivity index (χ1) is 9.81. The molecule has 0 bridgehead atoms. The van der Waals surface area contributed by atoms with Crippen molar-refractivity contribution < 1.29 is 0 Å². The van der Waals surface area contributed by atoms with E-state index in [9.17, 15) is 0 Å². The number of aromatic nitrogens is 5. The lowest BCUT2D eigenvalue weighted by atomic mass is 10.1. The van der Waals surface area contributed by atoms with Crippen LogP contribution < -0.4 is 5.32 Å². The van der Waals surface area contributed by atoms with Gasteiger partial charge >= 0.3 is 0 Å². The Bertz CT molecular complexity index is 476. The van der Waals surface area contributed by atoms with Gasteiger partial charge in [-0.2, -0.15) is 0 Å². The SMILES string of the molecule is CCCc1nnsc1C(NCC)c1cnnn1CCC. The highest BCUT2D eigenvalue weighted by Crippen LogP contribution is 2.27. The van der Waals surface area contributed by atoms with E-state index in [0.29, 0.717) is 0 Å². The van der Waals surface area contributed by atoms with Crippen LogP contribution >= 0.6 is 11.5 Å². The molecule has 1 N–H and O–H groups in total. The minimum absolute atomic E-state index is 0.0862. The van der Waals surface area contributed by atoms with Gasteiger partial charge in [0.2, 0.25) is 0 Å². The lowest BCUT2D eigenvalue weighted by molar-refractivity contribution is 0.512. The molecule has 0 spiro atoms. The Balaban J connectivity index is 2.34. The molecule has 0 aliphatic carbocycles. The van der Waals surface area contributed by atoms with E-state index in [1.165, 1.54) is 16.4 Å². The van der Waals surface area contributed by atoms with Gasteiger partial charge in [0.1, 0.15) is 0 Å². The van der Waals surface area contributed by atoms with Gasteiger partial charge < -0.3 is 5.32 Å². The summed E-state index contributed by atoms with van der Waals surface area (Å²) in [4.78, 5) is 1.19. The molecule has 2 aromatic rings. The third-order valence-electron chi connectivity index (χ3n) is 3.12. The minimum Gasteiger partial charge on any atom is -0.304 e. The van der Waals surface area contributed by atoms with E-state index in [-0.39, 0.29) is 6.04 Å². The zero-order valence-electron chi connectivity index (χ0n) is 12.3. The Kier molecular flexibility index (Phi) is 5.60. The molecule has 0 radical (unpaired) electrons. The smallest absolute Gasteiger partial charge is 0.0893 e. The molecule has 0 saturated heterocycles. The quantitative estimate of drug-likeness (QED) is 0.808. The molecule has 2 aromatic heterocycles. The van der Waals surface area contributed by atoms with Gasteiger partial charge in [-0.25, -0.2) is 4.68 Å². The molecule has 2 heterocycles. The van der Waals surface area contributed by atoms with Crippen LogP contribution in [-0.4, -0.2) is 31.1 Å². The van der Waals surface area contributed by atoms with E-state index in [4.69, 9.17) is 0 Å². The minimum atomic E-state index is 0.0862. The average Bonchev–Trinajstić information content (AvgIpc) is 3.07. The lowest BCUT2D eigenvalue weighted by Crippen LogP contribution is -2.25. The Hall–Kier alpha value is -1.34. The predicted octanol–water partition coefficient (Wildman–Crippen LogP) is 2.19. The number of hydrogen-bond donors (Lipinski definition) is 1. The van der Waals surface area contributed by atoms with E-state index in [1.54, 1.807) is 0 Å². The Morgan fingerprint density at radius 2 is 2.15 bits per heavy atom. The first-order valence-electron chi connectivity index (χ1n) is 7.24. The fourth-order valence-electron chi connectivity index (χ4n) is 2.26. The summed E-state index contributed by atoms with van der Waals surface area (Å²) in [6, 6.07) is 0.0862. The molecular formula is C13H22N6S. The fourth-order valence-corrected chi connectivity index (χ4v) is 3.04. The monoisotopic (exact) mass is 294 g/mol. The van der Waals surface area contributed by atoms with Crippen molar-refractivity contribution in [3.05, 3.63) is 22.5 Å². The second-order valence-electron chi connectivity index (χ2n) is 4.71. The molecule has 110 valence electrons. The van der Waals surface area contributed by atoms with Crippen molar-refractivity contribution in [1.82, 2.24) is 29.9 Å². The van der Waals surface area contributed by atoms with Crippen molar-refractivity contribution in [2.45, 2.75) is 52.6 Å². The van der Waals surface area contributed by atoms with Crippen LogP contribution in [0.5, 0.6) is 0 Å².